The Kier molecular flexibility index (Phi) is 10.9. The van der Waals surface area contributed by atoms with Gasteiger partial charge in [-0.1, -0.05) is 0 Å². The largest absolute Gasteiger partial charge is 0.394 e. The van der Waals surface area contributed by atoms with Crippen molar-refractivity contribution in [2.24, 2.45) is 0 Å². The van der Waals surface area contributed by atoms with Crippen LogP contribution >= 0.6 is 0 Å². The number of aliphatic hydroxyl groups is 13. The van der Waals surface area contributed by atoms with Crippen molar-refractivity contribution >= 4 is 0 Å². The van der Waals surface area contributed by atoms with Crippen molar-refractivity contribution < 1.29 is 80.6 Å². The monoisotopic (exact) mass is 506 g/mol. The minimum atomic E-state index is -2.28. The minimum absolute atomic E-state index is 0.739. The number of aliphatic hydroxyl groups excluding tert-OH is 13. The third-order valence-electron chi connectivity index (χ3n) is 5.99. The van der Waals surface area contributed by atoms with Gasteiger partial charge in [0.2, 0.25) is 0 Å². The first-order valence-electron chi connectivity index (χ1n) is 10.5. The molecule has 0 spiro atoms. The molecule has 0 saturated carbocycles. The van der Waals surface area contributed by atoms with Crippen molar-refractivity contribution in [3.05, 3.63) is 0 Å². The first-order chi connectivity index (χ1) is 15.9. The first-order valence-corrected chi connectivity index (χ1v) is 10.5. The summed E-state index contributed by atoms with van der Waals surface area (Å²) < 4.78 is 15.2. The van der Waals surface area contributed by atoms with E-state index in [1.54, 1.807) is 0 Å². The van der Waals surface area contributed by atoms with Crippen LogP contribution in [0.15, 0.2) is 0 Å². The van der Waals surface area contributed by atoms with E-state index in [-0.39, 0.29) is 0 Å². The highest BCUT2D eigenvalue weighted by Gasteiger charge is 2.50. The van der Waals surface area contributed by atoms with Gasteiger partial charge in [0.15, 0.2) is 6.29 Å². The van der Waals surface area contributed by atoms with Gasteiger partial charge in [-0.2, -0.15) is 0 Å². The number of hydrogen-bond donors (Lipinski definition) is 13. The zero-order valence-electron chi connectivity index (χ0n) is 17.8. The van der Waals surface area contributed by atoms with Crippen LogP contribution in [0.1, 0.15) is 0 Å². The summed E-state index contributed by atoms with van der Waals surface area (Å²) in [6, 6.07) is 0. The molecule has 0 aromatic rings. The summed E-state index contributed by atoms with van der Waals surface area (Å²) in [6.45, 7) is -2.41. The van der Waals surface area contributed by atoms with Gasteiger partial charge in [0.05, 0.1) is 19.8 Å². The van der Waals surface area contributed by atoms with Crippen molar-refractivity contribution in [3.63, 3.8) is 0 Å². The molecule has 0 aromatic heterocycles. The molecule has 0 bridgehead atoms. The molecule has 2 aliphatic heterocycles. The molecule has 34 heavy (non-hydrogen) atoms. The van der Waals surface area contributed by atoms with Crippen LogP contribution in [0.4, 0.5) is 0 Å². The Morgan fingerprint density at radius 1 is 0.588 bits per heavy atom. The molecule has 13 N–H and O–H groups in total. The van der Waals surface area contributed by atoms with Gasteiger partial charge in [-0.05, 0) is 0 Å². The third-order valence-corrected chi connectivity index (χ3v) is 5.99. The molecule has 16 heteroatoms. The Labute approximate surface area is 193 Å². The fourth-order valence-corrected chi connectivity index (χ4v) is 3.74. The maximum atomic E-state index is 10.3. The summed E-state index contributed by atoms with van der Waals surface area (Å²) in [6.07, 6.45) is -27.9. The van der Waals surface area contributed by atoms with E-state index in [9.17, 15) is 61.3 Å². The van der Waals surface area contributed by atoms with Crippen molar-refractivity contribution in [2.75, 3.05) is 19.8 Å². The average molecular weight is 506 g/mol. The van der Waals surface area contributed by atoms with Gasteiger partial charge in [0.1, 0.15) is 85.5 Å². The van der Waals surface area contributed by atoms with Crippen LogP contribution in [0.3, 0.4) is 0 Å². The van der Waals surface area contributed by atoms with Gasteiger partial charge < -0.3 is 80.6 Å². The van der Waals surface area contributed by atoms with Crippen molar-refractivity contribution in [1.29, 1.82) is 0 Å². The summed E-state index contributed by atoms with van der Waals surface area (Å²) in [5.41, 5.74) is 0. The molecule has 16 nitrogen and oxygen atoms in total. The lowest BCUT2D eigenvalue weighted by Crippen LogP contribution is -2.64. The van der Waals surface area contributed by atoms with Crippen LogP contribution in [-0.4, -0.2) is 178 Å². The van der Waals surface area contributed by atoms with Gasteiger partial charge in [-0.3, -0.25) is 0 Å². The quantitative estimate of drug-likeness (QED) is 0.131. The van der Waals surface area contributed by atoms with Crippen LogP contribution in [0.2, 0.25) is 0 Å². The van der Waals surface area contributed by atoms with E-state index < -0.39 is 112 Å². The Balaban J connectivity index is 1.96. The number of hydrogen-bond acceptors (Lipinski definition) is 16. The van der Waals surface area contributed by atoms with Gasteiger partial charge in [-0.15, -0.1) is 0 Å². The van der Waals surface area contributed by atoms with E-state index in [1.165, 1.54) is 0 Å². The highest BCUT2D eigenvalue weighted by Crippen LogP contribution is 2.26. The number of ether oxygens (including phenoxy) is 3. The van der Waals surface area contributed by atoms with Gasteiger partial charge in [0.25, 0.3) is 0 Å². The van der Waals surface area contributed by atoms with E-state index in [0.29, 0.717) is 0 Å². The molecular formula is C18H34O16. The number of rotatable bonds is 10. The van der Waals surface area contributed by atoms with E-state index in [2.05, 4.69) is 0 Å². The van der Waals surface area contributed by atoms with E-state index >= 15 is 0 Å². The summed E-state index contributed by atoms with van der Waals surface area (Å²) in [5.74, 6) is 0. The van der Waals surface area contributed by atoms with Crippen LogP contribution in [0, 0.1) is 0 Å². The highest BCUT2D eigenvalue weighted by atomic mass is 16.7. The molecular weight excluding hydrogens is 472 g/mol. The van der Waals surface area contributed by atoms with E-state index in [0.717, 1.165) is 0 Å². The molecule has 202 valence electrons. The maximum absolute atomic E-state index is 10.3. The molecule has 0 amide bonds. The molecule has 0 aromatic carbocycles. The van der Waals surface area contributed by atoms with Crippen LogP contribution in [0.25, 0.3) is 0 Å². The highest BCUT2D eigenvalue weighted by molar-refractivity contribution is 4.98. The van der Waals surface area contributed by atoms with Crippen molar-refractivity contribution in [1.82, 2.24) is 0 Å². The standard InChI is InChI=1S/C18H34O16/c19-1-5-8(23)11(26)14(29)17(33-5)15(30)13(28)10(25)7(22)4(21)3-32-18-16(31)12(27)9(24)6(2-20)34-18/h4-31H,1-3H2/t4-,5-,6-,7-,8-,9-,10+,11+,12+,13-,14-,15?,16-,17?,18+/m1/s1. The zero-order chi connectivity index (χ0) is 25.9. The topological polar surface area (TPSA) is 291 Å². The Hall–Kier alpha value is -0.640. The maximum Gasteiger partial charge on any atom is 0.186 e. The Morgan fingerprint density at radius 2 is 1.09 bits per heavy atom. The SMILES string of the molecule is OC[C@H]1O[C@H](OC[C@@H](O)[C@@H](O)[C@H](O)[C@@H](O)C(O)C2O[C@H](CO)[C@@H](O)[C@H](O)[C@H]2O)[C@H](O)[C@@H](O)[C@@H]1O. The molecule has 2 rings (SSSR count). The summed E-state index contributed by atoms with van der Waals surface area (Å²) in [7, 11) is 0. The lowest BCUT2D eigenvalue weighted by molar-refractivity contribution is -0.307. The van der Waals surface area contributed by atoms with Crippen LogP contribution in [-0.2, 0) is 14.2 Å². The van der Waals surface area contributed by atoms with Gasteiger partial charge in [0, 0.05) is 0 Å². The molecule has 2 fully saturated rings. The fraction of sp³-hybridized carbons (Fsp3) is 1.00. The van der Waals surface area contributed by atoms with Crippen LogP contribution < -0.4 is 0 Å². The fourth-order valence-electron chi connectivity index (χ4n) is 3.74. The Morgan fingerprint density at radius 3 is 1.62 bits per heavy atom. The second kappa shape index (κ2) is 12.5. The summed E-state index contributed by atoms with van der Waals surface area (Å²) >= 11 is 0. The molecule has 2 aliphatic rings. The minimum Gasteiger partial charge on any atom is -0.394 e. The lowest BCUT2D eigenvalue weighted by Gasteiger charge is -2.43. The predicted molar refractivity (Wildman–Crippen MR) is 104 cm³/mol. The predicted octanol–water partition coefficient (Wildman–Crippen LogP) is -8.55. The summed E-state index contributed by atoms with van der Waals surface area (Å²) in [4.78, 5) is 0. The molecule has 2 heterocycles. The second-order valence-corrected chi connectivity index (χ2v) is 8.35. The second-order valence-electron chi connectivity index (χ2n) is 8.35. The lowest BCUT2D eigenvalue weighted by atomic mass is 9.88. The molecule has 15 atom stereocenters. The molecule has 2 saturated heterocycles. The van der Waals surface area contributed by atoms with Crippen molar-refractivity contribution in [3.8, 4) is 0 Å². The van der Waals surface area contributed by atoms with Crippen LogP contribution in [0.5, 0.6) is 0 Å². The summed E-state index contributed by atoms with van der Waals surface area (Å²) in [5, 5.41) is 128. The smallest absolute Gasteiger partial charge is 0.186 e. The first kappa shape index (κ1) is 29.6. The molecule has 0 radical (unpaired) electrons. The van der Waals surface area contributed by atoms with E-state index in [4.69, 9.17) is 19.3 Å². The van der Waals surface area contributed by atoms with Gasteiger partial charge >= 0.3 is 0 Å². The normalized spacial score (nSPS) is 43.7. The van der Waals surface area contributed by atoms with Gasteiger partial charge in [-0.25, -0.2) is 0 Å². The third kappa shape index (κ3) is 6.19. The zero-order valence-corrected chi connectivity index (χ0v) is 17.8. The average Bonchev–Trinajstić information content (AvgIpc) is 2.83. The Bertz CT molecular complexity index is 609. The molecule has 0 aliphatic carbocycles. The van der Waals surface area contributed by atoms with Crippen molar-refractivity contribution in [2.45, 2.75) is 91.7 Å². The van der Waals surface area contributed by atoms with E-state index in [1.807, 2.05) is 0 Å². The molecule has 2 unspecified atom stereocenters.